The summed E-state index contributed by atoms with van der Waals surface area (Å²) in [5, 5.41) is 4.30. The molecule has 1 fully saturated rings. The van der Waals surface area contributed by atoms with E-state index in [0.717, 1.165) is 17.3 Å². The molecular formula is C9H13ClN2. The third kappa shape index (κ3) is 1.50. The maximum Gasteiger partial charge on any atom is 0.0629 e. The van der Waals surface area contributed by atoms with E-state index in [2.05, 4.69) is 10.3 Å². The molecule has 1 saturated heterocycles. The number of H-pyrrole nitrogens is 1. The van der Waals surface area contributed by atoms with Crippen LogP contribution in [0.2, 0.25) is 5.02 Å². The lowest BCUT2D eigenvalue weighted by atomic mass is 10.0. The average molecular weight is 185 g/mol. The van der Waals surface area contributed by atoms with E-state index in [1.54, 1.807) is 0 Å². The molecule has 2 N–H and O–H groups in total. The van der Waals surface area contributed by atoms with Crippen molar-refractivity contribution in [2.75, 3.05) is 6.54 Å². The Kier molecular flexibility index (Phi) is 2.38. The van der Waals surface area contributed by atoms with Crippen LogP contribution in [0.5, 0.6) is 0 Å². The summed E-state index contributed by atoms with van der Waals surface area (Å²) in [4.78, 5) is 3.18. The van der Waals surface area contributed by atoms with E-state index in [1.807, 2.05) is 12.3 Å². The van der Waals surface area contributed by atoms with Crippen molar-refractivity contribution in [2.24, 2.45) is 0 Å². The summed E-state index contributed by atoms with van der Waals surface area (Å²) >= 11 is 6.00. The van der Waals surface area contributed by atoms with Crippen LogP contribution in [-0.2, 0) is 0 Å². The fourth-order valence-electron chi connectivity index (χ4n) is 1.73. The maximum atomic E-state index is 6.00. The van der Waals surface area contributed by atoms with Gasteiger partial charge in [-0.25, -0.2) is 0 Å². The van der Waals surface area contributed by atoms with Gasteiger partial charge in [-0.3, -0.25) is 0 Å². The van der Waals surface area contributed by atoms with E-state index < -0.39 is 0 Å². The summed E-state index contributed by atoms with van der Waals surface area (Å²) in [7, 11) is 0. The van der Waals surface area contributed by atoms with Crippen LogP contribution in [0.4, 0.5) is 0 Å². The molecule has 2 nitrogen and oxygen atoms in total. The number of hydrogen-bond acceptors (Lipinski definition) is 1. The average Bonchev–Trinajstić information content (AvgIpc) is 2.53. The third-order valence-electron chi connectivity index (χ3n) is 2.38. The summed E-state index contributed by atoms with van der Waals surface area (Å²) in [6.07, 6.45) is 5.68. The van der Waals surface area contributed by atoms with Crippen LogP contribution in [0.15, 0.2) is 12.3 Å². The molecule has 0 bridgehead atoms. The Morgan fingerprint density at radius 3 is 2.92 bits per heavy atom. The highest BCUT2D eigenvalue weighted by molar-refractivity contribution is 6.31. The topological polar surface area (TPSA) is 27.8 Å². The number of rotatable bonds is 1. The molecule has 2 rings (SSSR count). The number of nitrogens with one attached hydrogen (secondary N) is 2. The number of aromatic nitrogens is 1. The highest BCUT2D eigenvalue weighted by atomic mass is 35.5. The first-order chi connectivity index (χ1) is 5.88. The van der Waals surface area contributed by atoms with Gasteiger partial charge in [0.05, 0.1) is 10.7 Å². The Hall–Kier alpha value is -0.470. The second-order valence-electron chi connectivity index (χ2n) is 3.24. The van der Waals surface area contributed by atoms with Crippen molar-refractivity contribution in [3.05, 3.63) is 23.0 Å². The Labute approximate surface area is 77.3 Å². The molecule has 0 saturated carbocycles. The summed E-state index contributed by atoms with van der Waals surface area (Å²) in [6, 6.07) is 2.36. The van der Waals surface area contributed by atoms with Crippen molar-refractivity contribution in [2.45, 2.75) is 25.3 Å². The van der Waals surface area contributed by atoms with Crippen molar-refractivity contribution >= 4 is 11.6 Å². The molecule has 0 aliphatic carbocycles. The third-order valence-corrected chi connectivity index (χ3v) is 2.71. The molecule has 0 aromatic carbocycles. The Morgan fingerprint density at radius 1 is 1.42 bits per heavy atom. The zero-order valence-corrected chi connectivity index (χ0v) is 7.69. The van der Waals surface area contributed by atoms with E-state index in [4.69, 9.17) is 11.6 Å². The second kappa shape index (κ2) is 3.50. The van der Waals surface area contributed by atoms with Gasteiger partial charge in [-0.2, -0.15) is 0 Å². The molecule has 0 radical (unpaired) electrons. The van der Waals surface area contributed by atoms with Crippen molar-refractivity contribution in [3.63, 3.8) is 0 Å². The predicted octanol–water partition coefficient (Wildman–Crippen LogP) is 2.48. The van der Waals surface area contributed by atoms with Crippen LogP contribution < -0.4 is 5.32 Å². The van der Waals surface area contributed by atoms with Gasteiger partial charge in [0.2, 0.25) is 0 Å². The minimum absolute atomic E-state index is 0.446. The highest BCUT2D eigenvalue weighted by Crippen LogP contribution is 2.27. The van der Waals surface area contributed by atoms with Crippen LogP contribution in [0.3, 0.4) is 0 Å². The molecule has 3 heteroatoms. The molecule has 1 aliphatic heterocycles. The lowest BCUT2D eigenvalue weighted by molar-refractivity contribution is 0.406. The lowest BCUT2D eigenvalue weighted by Crippen LogP contribution is -2.27. The minimum Gasteiger partial charge on any atom is -0.362 e. The van der Waals surface area contributed by atoms with Crippen LogP contribution in [0.25, 0.3) is 0 Å². The van der Waals surface area contributed by atoms with Gasteiger partial charge in [0, 0.05) is 12.2 Å². The number of piperidine rings is 1. The smallest absolute Gasteiger partial charge is 0.0629 e. The number of halogens is 1. The zero-order valence-electron chi connectivity index (χ0n) is 6.94. The van der Waals surface area contributed by atoms with Gasteiger partial charge in [0.25, 0.3) is 0 Å². The van der Waals surface area contributed by atoms with E-state index in [0.29, 0.717) is 6.04 Å². The summed E-state index contributed by atoms with van der Waals surface area (Å²) in [5.41, 5.74) is 1.15. The van der Waals surface area contributed by atoms with Crippen molar-refractivity contribution in [1.29, 1.82) is 0 Å². The molecule has 0 amide bonds. The summed E-state index contributed by atoms with van der Waals surface area (Å²) in [6.45, 7) is 1.11. The predicted molar refractivity (Wildman–Crippen MR) is 50.4 cm³/mol. The maximum absolute atomic E-state index is 6.00. The minimum atomic E-state index is 0.446. The molecule has 2 heterocycles. The Balaban J connectivity index is 2.13. The van der Waals surface area contributed by atoms with E-state index in [1.165, 1.54) is 19.3 Å². The first-order valence-corrected chi connectivity index (χ1v) is 4.82. The number of hydrogen-bond donors (Lipinski definition) is 2. The van der Waals surface area contributed by atoms with Gasteiger partial charge in [0.15, 0.2) is 0 Å². The van der Waals surface area contributed by atoms with Gasteiger partial charge < -0.3 is 10.3 Å². The largest absolute Gasteiger partial charge is 0.362 e. The molecule has 0 spiro atoms. The zero-order chi connectivity index (χ0) is 8.39. The standard InChI is InChI=1S/C9H13ClN2/c10-7-4-6-12-9(7)8-3-1-2-5-11-8/h4,6,8,11-12H,1-3,5H2. The molecule has 1 atom stereocenters. The fourth-order valence-corrected chi connectivity index (χ4v) is 1.98. The van der Waals surface area contributed by atoms with Gasteiger partial charge in [-0.1, -0.05) is 18.0 Å². The van der Waals surface area contributed by atoms with E-state index >= 15 is 0 Å². The van der Waals surface area contributed by atoms with Crippen LogP contribution in [0.1, 0.15) is 31.0 Å². The van der Waals surface area contributed by atoms with Gasteiger partial charge >= 0.3 is 0 Å². The quantitative estimate of drug-likeness (QED) is 0.690. The molecule has 1 aromatic heterocycles. The fraction of sp³-hybridized carbons (Fsp3) is 0.556. The lowest BCUT2D eigenvalue weighted by Gasteiger charge is -2.22. The van der Waals surface area contributed by atoms with Gasteiger partial charge in [-0.15, -0.1) is 0 Å². The molecular weight excluding hydrogens is 172 g/mol. The summed E-state index contributed by atoms with van der Waals surface area (Å²) in [5.74, 6) is 0. The second-order valence-corrected chi connectivity index (χ2v) is 3.65. The van der Waals surface area contributed by atoms with Crippen LogP contribution in [0, 0.1) is 0 Å². The Morgan fingerprint density at radius 2 is 2.33 bits per heavy atom. The Bertz CT molecular complexity index is 251. The van der Waals surface area contributed by atoms with Crippen molar-refractivity contribution in [3.8, 4) is 0 Å². The van der Waals surface area contributed by atoms with Crippen molar-refractivity contribution < 1.29 is 0 Å². The highest BCUT2D eigenvalue weighted by Gasteiger charge is 2.17. The van der Waals surface area contributed by atoms with Gasteiger partial charge in [-0.05, 0) is 25.5 Å². The van der Waals surface area contributed by atoms with Crippen LogP contribution >= 0.6 is 11.6 Å². The number of aromatic amines is 1. The molecule has 1 aliphatic rings. The molecule has 66 valence electrons. The van der Waals surface area contributed by atoms with Gasteiger partial charge in [0.1, 0.15) is 0 Å². The summed E-state index contributed by atoms with van der Waals surface area (Å²) < 4.78 is 0. The molecule has 12 heavy (non-hydrogen) atoms. The first-order valence-electron chi connectivity index (χ1n) is 4.44. The SMILES string of the molecule is Clc1cc[nH]c1C1CCCCN1. The first kappa shape index (κ1) is 8.14. The normalized spacial score (nSPS) is 24.2. The van der Waals surface area contributed by atoms with Crippen molar-refractivity contribution in [1.82, 2.24) is 10.3 Å². The monoisotopic (exact) mass is 184 g/mol. The molecule has 1 unspecified atom stereocenters. The molecule has 1 aromatic rings. The van der Waals surface area contributed by atoms with E-state index in [9.17, 15) is 0 Å². The van der Waals surface area contributed by atoms with E-state index in [-0.39, 0.29) is 0 Å². The van der Waals surface area contributed by atoms with Crippen LogP contribution in [-0.4, -0.2) is 11.5 Å².